The second kappa shape index (κ2) is 6.06. The van der Waals surface area contributed by atoms with Crippen molar-refractivity contribution in [3.05, 3.63) is 59.7 Å². The van der Waals surface area contributed by atoms with E-state index in [1.165, 1.54) is 23.6 Å². The first-order valence-electron chi connectivity index (χ1n) is 9.54. The lowest BCUT2D eigenvalue weighted by molar-refractivity contribution is 0.200. The summed E-state index contributed by atoms with van der Waals surface area (Å²) >= 11 is 0. The lowest BCUT2D eigenvalue weighted by atomic mass is 10.1. The molecule has 2 aliphatic rings. The molecule has 0 bridgehead atoms. The summed E-state index contributed by atoms with van der Waals surface area (Å²) in [5.41, 5.74) is 4.45. The Labute approximate surface area is 158 Å². The third-order valence-corrected chi connectivity index (χ3v) is 6.23. The van der Waals surface area contributed by atoms with Crippen LogP contribution in [0.5, 0.6) is 5.75 Å². The van der Waals surface area contributed by atoms with Gasteiger partial charge in [0, 0.05) is 32.1 Å². The van der Waals surface area contributed by atoms with E-state index in [1.807, 2.05) is 17.9 Å². The maximum Gasteiger partial charge on any atom is 0.126 e. The van der Waals surface area contributed by atoms with E-state index in [1.54, 1.807) is 19.1 Å². The van der Waals surface area contributed by atoms with Crippen LogP contribution < -0.4 is 4.74 Å². The summed E-state index contributed by atoms with van der Waals surface area (Å²) in [6, 6.07) is 11.6. The number of ether oxygens (including phenoxy) is 1. The van der Waals surface area contributed by atoms with Gasteiger partial charge in [-0.05, 0) is 60.7 Å². The molecular weight excluding hydrogens is 341 g/mol. The van der Waals surface area contributed by atoms with E-state index in [0.717, 1.165) is 43.4 Å². The van der Waals surface area contributed by atoms with E-state index < -0.39 is 0 Å². The Morgan fingerprint density at radius 3 is 3.00 bits per heavy atom. The predicted molar refractivity (Wildman–Crippen MR) is 103 cm³/mol. The van der Waals surface area contributed by atoms with Gasteiger partial charge in [0.2, 0.25) is 0 Å². The quantitative estimate of drug-likeness (QED) is 0.686. The summed E-state index contributed by atoms with van der Waals surface area (Å²) in [5.74, 6) is 1.31. The van der Waals surface area contributed by atoms with E-state index >= 15 is 0 Å². The van der Waals surface area contributed by atoms with Gasteiger partial charge in [0.1, 0.15) is 11.6 Å². The van der Waals surface area contributed by atoms with Gasteiger partial charge in [0.25, 0.3) is 0 Å². The van der Waals surface area contributed by atoms with Crippen LogP contribution in [-0.4, -0.2) is 34.1 Å². The standard InChI is InChI=1S/C22H24FN3O/c1-15-7-18(4-5-19(15)23)27-13-22-9-17(22)11-26(12-22)10-16-3-6-21-20(8-16)24-14-25(21)2/h3-8,14,17H,9-13H2,1-2H3. The summed E-state index contributed by atoms with van der Waals surface area (Å²) < 4.78 is 21.5. The number of imidazole rings is 1. The smallest absolute Gasteiger partial charge is 0.126 e. The highest BCUT2D eigenvalue weighted by Crippen LogP contribution is 2.58. The average molecular weight is 365 g/mol. The van der Waals surface area contributed by atoms with Gasteiger partial charge in [-0.2, -0.15) is 0 Å². The van der Waals surface area contributed by atoms with Crippen LogP contribution in [0.1, 0.15) is 17.5 Å². The van der Waals surface area contributed by atoms with Crippen molar-refractivity contribution in [2.24, 2.45) is 18.4 Å². The fourth-order valence-corrected chi connectivity index (χ4v) is 4.52. The Kier molecular flexibility index (Phi) is 3.76. The van der Waals surface area contributed by atoms with Crippen LogP contribution in [-0.2, 0) is 13.6 Å². The van der Waals surface area contributed by atoms with Crippen molar-refractivity contribution in [3.8, 4) is 5.75 Å². The molecule has 2 aromatic carbocycles. The number of hydrogen-bond acceptors (Lipinski definition) is 3. The minimum absolute atomic E-state index is 0.179. The molecule has 1 aliphatic carbocycles. The molecule has 1 aliphatic heterocycles. The van der Waals surface area contributed by atoms with Crippen LogP contribution in [0, 0.1) is 24.1 Å². The van der Waals surface area contributed by atoms with Gasteiger partial charge >= 0.3 is 0 Å². The Hall–Kier alpha value is -2.40. The van der Waals surface area contributed by atoms with Crippen molar-refractivity contribution < 1.29 is 9.13 Å². The number of fused-ring (bicyclic) bond motifs is 2. The van der Waals surface area contributed by atoms with Gasteiger partial charge in [0.15, 0.2) is 0 Å². The van der Waals surface area contributed by atoms with Gasteiger partial charge in [-0.25, -0.2) is 9.37 Å². The zero-order chi connectivity index (χ0) is 18.6. The van der Waals surface area contributed by atoms with Crippen molar-refractivity contribution in [3.63, 3.8) is 0 Å². The Bertz CT molecular complexity index is 1010. The Balaban J connectivity index is 1.22. The molecule has 2 atom stereocenters. The number of piperidine rings is 1. The van der Waals surface area contributed by atoms with Gasteiger partial charge in [-0.15, -0.1) is 0 Å². The van der Waals surface area contributed by atoms with E-state index in [-0.39, 0.29) is 11.2 Å². The molecule has 1 saturated carbocycles. The van der Waals surface area contributed by atoms with Crippen LogP contribution >= 0.6 is 0 Å². The number of rotatable bonds is 5. The van der Waals surface area contributed by atoms with Crippen LogP contribution in [0.15, 0.2) is 42.7 Å². The van der Waals surface area contributed by atoms with Gasteiger partial charge in [-0.1, -0.05) is 6.07 Å². The third kappa shape index (κ3) is 3.00. The molecule has 0 amide bonds. The average Bonchev–Trinajstić information content (AvgIpc) is 3.00. The summed E-state index contributed by atoms with van der Waals surface area (Å²) in [6.07, 6.45) is 3.10. The maximum absolute atomic E-state index is 13.4. The van der Waals surface area contributed by atoms with Crippen molar-refractivity contribution >= 4 is 11.0 Å². The van der Waals surface area contributed by atoms with E-state index in [0.29, 0.717) is 5.56 Å². The van der Waals surface area contributed by atoms with Crippen LogP contribution in [0.25, 0.3) is 11.0 Å². The molecule has 1 aromatic heterocycles. The number of likely N-dealkylation sites (tertiary alicyclic amines) is 1. The predicted octanol–water partition coefficient (Wildman–Crippen LogP) is 3.92. The number of benzene rings is 2. The summed E-state index contributed by atoms with van der Waals surface area (Å²) in [5, 5.41) is 0. The molecule has 5 rings (SSSR count). The van der Waals surface area contributed by atoms with Gasteiger partial charge in [-0.3, -0.25) is 4.90 Å². The summed E-state index contributed by atoms with van der Waals surface area (Å²) in [7, 11) is 2.02. The largest absolute Gasteiger partial charge is 0.493 e. The molecule has 140 valence electrons. The van der Waals surface area contributed by atoms with E-state index in [4.69, 9.17) is 4.74 Å². The number of nitrogens with zero attached hydrogens (tertiary/aromatic N) is 3. The monoisotopic (exact) mass is 365 g/mol. The molecule has 0 spiro atoms. The van der Waals surface area contributed by atoms with Crippen molar-refractivity contribution in [1.82, 2.24) is 14.5 Å². The highest BCUT2D eigenvalue weighted by atomic mass is 19.1. The summed E-state index contributed by atoms with van der Waals surface area (Å²) in [6.45, 7) is 5.65. The first-order chi connectivity index (χ1) is 13.0. The zero-order valence-corrected chi connectivity index (χ0v) is 15.8. The van der Waals surface area contributed by atoms with Crippen LogP contribution in [0.2, 0.25) is 0 Å². The minimum atomic E-state index is -0.179. The number of halogens is 1. The second-order valence-corrected chi connectivity index (χ2v) is 8.31. The normalized spacial score (nSPS) is 24.3. The van der Waals surface area contributed by atoms with E-state index in [2.05, 4.69) is 28.1 Å². The van der Waals surface area contributed by atoms with Crippen LogP contribution in [0.3, 0.4) is 0 Å². The number of aromatic nitrogens is 2. The third-order valence-electron chi connectivity index (χ3n) is 6.23. The first-order valence-corrected chi connectivity index (χ1v) is 9.54. The molecule has 27 heavy (non-hydrogen) atoms. The maximum atomic E-state index is 13.4. The van der Waals surface area contributed by atoms with Crippen molar-refractivity contribution in [1.29, 1.82) is 0 Å². The second-order valence-electron chi connectivity index (χ2n) is 8.31. The van der Waals surface area contributed by atoms with Crippen molar-refractivity contribution in [2.45, 2.75) is 19.9 Å². The number of hydrogen-bond donors (Lipinski definition) is 0. The molecule has 1 saturated heterocycles. The molecule has 5 heteroatoms. The lowest BCUT2D eigenvalue weighted by Crippen LogP contribution is -2.27. The van der Waals surface area contributed by atoms with Crippen molar-refractivity contribution in [2.75, 3.05) is 19.7 Å². The molecule has 2 heterocycles. The minimum Gasteiger partial charge on any atom is -0.493 e. The molecule has 0 radical (unpaired) electrons. The molecular formula is C22H24FN3O. The van der Waals surface area contributed by atoms with Gasteiger partial charge in [0.05, 0.1) is 24.0 Å². The molecule has 3 aromatic rings. The fourth-order valence-electron chi connectivity index (χ4n) is 4.52. The topological polar surface area (TPSA) is 30.3 Å². The van der Waals surface area contributed by atoms with Gasteiger partial charge < -0.3 is 9.30 Å². The zero-order valence-electron chi connectivity index (χ0n) is 15.8. The SMILES string of the molecule is Cc1cc(OCC23CC2CN(Cc2ccc4c(c2)ncn4C)C3)ccc1F. The molecule has 4 nitrogen and oxygen atoms in total. The molecule has 2 unspecified atom stereocenters. The van der Waals surface area contributed by atoms with E-state index in [9.17, 15) is 4.39 Å². The number of aryl methyl sites for hydroxylation is 2. The Morgan fingerprint density at radius 2 is 2.15 bits per heavy atom. The highest BCUT2D eigenvalue weighted by Gasteiger charge is 2.60. The van der Waals surface area contributed by atoms with Crippen LogP contribution in [0.4, 0.5) is 4.39 Å². The summed E-state index contributed by atoms with van der Waals surface area (Å²) in [4.78, 5) is 6.99. The lowest BCUT2D eigenvalue weighted by Gasteiger charge is -2.21. The highest BCUT2D eigenvalue weighted by molar-refractivity contribution is 5.75. The first kappa shape index (κ1) is 16.8. The fraction of sp³-hybridized carbons (Fsp3) is 0.409. The Morgan fingerprint density at radius 1 is 1.26 bits per heavy atom. The molecule has 2 fully saturated rings. The molecule has 0 N–H and O–H groups in total.